The molecule has 1 N–H and O–H groups in total. The molecule has 1 aromatic heterocycles. The number of aromatic nitrogens is 2. The summed E-state index contributed by atoms with van der Waals surface area (Å²) in [4.78, 5) is 6.93. The number of imidazole rings is 1. The molecule has 136 valence electrons. The second-order valence-corrected chi connectivity index (χ2v) is 8.52. The highest BCUT2D eigenvalue weighted by Crippen LogP contribution is 2.21. The van der Waals surface area contributed by atoms with Gasteiger partial charge in [0.05, 0.1) is 16.8 Å². The zero-order valence-corrected chi connectivity index (χ0v) is 15.6. The summed E-state index contributed by atoms with van der Waals surface area (Å²) in [7, 11) is -3.49. The minimum Gasteiger partial charge on any atom is -0.308 e. The number of anilines is 1. The largest absolute Gasteiger partial charge is 0.308 e. The van der Waals surface area contributed by atoms with Gasteiger partial charge in [0.2, 0.25) is 16.0 Å². The number of likely N-dealkylation sites (tertiary alicyclic amines) is 1. The van der Waals surface area contributed by atoms with Gasteiger partial charge in [0.25, 0.3) is 0 Å². The summed E-state index contributed by atoms with van der Waals surface area (Å²) in [5.41, 5.74) is 2.35. The van der Waals surface area contributed by atoms with Crippen LogP contribution in [-0.4, -0.2) is 48.3 Å². The smallest absolute Gasteiger partial charge is 0.238 e. The fourth-order valence-corrected chi connectivity index (χ4v) is 4.46. The summed E-state index contributed by atoms with van der Waals surface area (Å²) in [5.74, 6) is 0.293. The van der Waals surface area contributed by atoms with Crippen molar-refractivity contribution in [2.75, 3.05) is 30.1 Å². The lowest BCUT2D eigenvalue weighted by Gasteiger charge is -2.26. The van der Waals surface area contributed by atoms with Gasteiger partial charge in [-0.1, -0.05) is 30.7 Å². The minimum atomic E-state index is -3.49. The van der Waals surface area contributed by atoms with Crippen molar-refractivity contribution >= 4 is 27.0 Å². The molecule has 1 aliphatic heterocycles. The van der Waals surface area contributed by atoms with E-state index >= 15 is 0 Å². The van der Waals surface area contributed by atoms with Gasteiger partial charge in [-0.05, 0) is 45.0 Å². The Morgan fingerprint density at radius 3 is 2.64 bits per heavy atom. The highest BCUT2D eigenvalue weighted by molar-refractivity contribution is 7.92. The molecule has 25 heavy (non-hydrogen) atoms. The zero-order valence-electron chi connectivity index (χ0n) is 14.7. The normalized spacial score (nSPS) is 16.2. The monoisotopic (exact) mass is 362 g/mol. The summed E-state index contributed by atoms with van der Waals surface area (Å²) in [6.45, 7) is 9.24. The standard InChI is InChI=1S/C18H26N4O2S/c1-15(2)14-25(23,24)20-18-19-16-8-4-5-9-17(16)22(18)13-12-21-10-6-3-7-11-21/h4-5,8-9H,1,3,6-7,10-14H2,2H3,(H,19,20). The third-order valence-corrected chi connectivity index (χ3v) is 5.79. The number of para-hydroxylation sites is 2. The van der Waals surface area contributed by atoms with Crippen molar-refractivity contribution in [2.45, 2.75) is 32.7 Å². The Balaban J connectivity index is 1.85. The van der Waals surface area contributed by atoms with E-state index in [9.17, 15) is 8.42 Å². The number of nitrogens with one attached hydrogen (secondary N) is 1. The van der Waals surface area contributed by atoms with Crippen molar-refractivity contribution in [3.63, 3.8) is 0 Å². The van der Waals surface area contributed by atoms with Crippen LogP contribution in [0.5, 0.6) is 0 Å². The van der Waals surface area contributed by atoms with Gasteiger partial charge in [0, 0.05) is 13.1 Å². The van der Waals surface area contributed by atoms with Crippen molar-refractivity contribution in [3.05, 3.63) is 36.4 Å². The van der Waals surface area contributed by atoms with Crippen molar-refractivity contribution in [3.8, 4) is 0 Å². The van der Waals surface area contributed by atoms with E-state index < -0.39 is 10.0 Å². The van der Waals surface area contributed by atoms with Crippen LogP contribution >= 0.6 is 0 Å². The molecule has 0 bridgehead atoms. The van der Waals surface area contributed by atoms with Gasteiger partial charge in [-0.25, -0.2) is 13.4 Å². The maximum Gasteiger partial charge on any atom is 0.238 e. The van der Waals surface area contributed by atoms with E-state index in [-0.39, 0.29) is 5.75 Å². The third kappa shape index (κ3) is 4.61. The SMILES string of the molecule is C=C(C)CS(=O)(=O)Nc1nc2ccccc2n1CCN1CCCCC1. The van der Waals surface area contributed by atoms with Crippen LogP contribution in [0.1, 0.15) is 26.2 Å². The van der Waals surface area contributed by atoms with Gasteiger partial charge >= 0.3 is 0 Å². The molecule has 0 radical (unpaired) electrons. The number of hydrogen-bond donors (Lipinski definition) is 1. The zero-order chi connectivity index (χ0) is 17.9. The van der Waals surface area contributed by atoms with E-state index in [1.54, 1.807) is 6.92 Å². The molecular weight excluding hydrogens is 336 g/mol. The number of benzene rings is 1. The fourth-order valence-electron chi connectivity index (χ4n) is 3.30. The summed E-state index contributed by atoms with van der Waals surface area (Å²) < 4.78 is 29.2. The number of sulfonamides is 1. The summed E-state index contributed by atoms with van der Waals surface area (Å²) in [6, 6.07) is 7.75. The Bertz CT molecular complexity index is 851. The Kier molecular flexibility index (Phi) is 5.44. The number of piperidine rings is 1. The van der Waals surface area contributed by atoms with Crippen molar-refractivity contribution in [1.82, 2.24) is 14.5 Å². The molecule has 1 saturated heterocycles. The molecule has 1 aromatic carbocycles. The molecule has 0 spiro atoms. The topological polar surface area (TPSA) is 67.2 Å². The molecule has 2 heterocycles. The molecular formula is C18H26N4O2S. The van der Waals surface area contributed by atoms with E-state index in [1.807, 2.05) is 28.8 Å². The van der Waals surface area contributed by atoms with Gasteiger partial charge in [-0.15, -0.1) is 0 Å². The Morgan fingerprint density at radius 1 is 1.20 bits per heavy atom. The van der Waals surface area contributed by atoms with Crippen molar-refractivity contribution < 1.29 is 8.42 Å². The van der Waals surface area contributed by atoms with Gasteiger partial charge in [0.1, 0.15) is 0 Å². The Morgan fingerprint density at radius 2 is 1.92 bits per heavy atom. The van der Waals surface area contributed by atoms with Crippen LogP contribution in [0.25, 0.3) is 11.0 Å². The molecule has 1 aliphatic rings. The van der Waals surface area contributed by atoms with Gasteiger partial charge in [0.15, 0.2) is 0 Å². The van der Waals surface area contributed by atoms with Crippen LogP contribution in [0.3, 0.4) is 0 Å². The van der Waals surface area contributed by atoms with Gasteiger partial charge in [-0.3, -0.25) is 4.72 Å². The first-order chi connectivity index (χ1) is 11.9. The first-order valence-electron chi connectivity index (χ1n) is 8.77. The summed E-state index contributed by atoms with van der Waals surface area (Å²) >= 11 is 0. The van der Waals surface area contributed by atoms with Crippen LogP contribution in [-0.2, 0) is 16.6 Å². The highest BCUT2D eigenvalue weighted by atomic mass is 32.2. The molecule has 3 rings (SSSR count). The Labute approximate surface area is 149 Å². The molecule has 1 fully saturated rings. The minimum absolute atomic E-state index is 0.0949. The number of nitrogens with zero attached hydrogens (tertiary/aromatic N) is 3. The van der Waals surface area contributed by atoms with Crippen LogP contribution in [0.4, 0.5) is 5.95 Å². The van der Waals surface area contributed by atoms with Crippen LogP contribution in [0.15, 0.2) is 36.4 Å². The van der Waals surface area contributed by atoms with E-state index in [4.69, 9.17) is 0 Å². The van der Waals surface area contributed by atoms with Crippen molar-refractivity contribution in [2.24, 2.45) is 0 Å². The third-order valence-electron chi connectivity index (χ3n) is 4.43. The molecule has 6 nitrogen and oxygen atoms in total. The van der Waals surface area contributed by atoms with Gasteiger partial charge < -0.3 is 9.47 Å². The van der Waals surface area contributed by atoms with E-state index in [2.05, 4.69) is 21.2 Å². The second kappa shape index (κ2) is 7.58. The molecule has 0 unspecified atom stereocenters. The average Bonchev–Trinajstić information content (AvgIpc) is 2.89. The second-order valence-electron chi connectivity index (χ2n) is 6.80. The number of rotatable bonds is 7. The van der Waals surface area contributed by atoms with E-state index in [1.165, 1.54) is 19.3 Å². The molecule has 2 aromatic rings. The van der Waals surface area contributed by atoms with E-state index in [0.717, 1.165) is 30.7 Å². The maximum absolute atomic E-state index is 12.3. The first-order valence-corrected chi connectivity index (χ1v) is 10.4. The van der Waals surface area contributed by atoms with Crippen LogP contribution in [0, 0.1) is 0 Å². The molecule has 0 saturated carbocycles. The Hall–Kier alpha value is -1.86. The van der Waals surface area contributed by atoms with Crippen LogP contribution in [0.2, 0.25) is 0 Å². The predicted octanol–water partition coefficient (Wildman–Crippen LogP) is 2.84. The maximum atomic E-state index is 12.3. The van der Waals surface area contributed by atoms with Gasteiger partial charge in [-0.2, -0.15) is 0 Å². The number of fused-ring (bicyclic) bond motifs is 1. The average molecular weight is 362 g/mol. The number of hydrogen-bond acceptors (Lipinski definition) is 4. The summed E-state index contributed by atoms with van der Waals surface area (Å²) in [5, 5.41) is 0. The summed E-state index contributed by atoms with van der Waals surface area (Å²) in [6.07, 6.45) is 3.78. The lowest BCUT2D eigenvalue weighted by Crippen LogP contribution is -2.33. The fraction of sp³-hybridized carbons (Fsp3) is 0.500. The first kappa shape index (κ1) is 17.9. The lowest BCUT2D eigenvalue weighted by molar-refractivity contribution is 0.222. The highest BCUT2D eigenvalue weighted by Gasteiger charge is 2.18. The molecule has 0 amide bonds. The quantitative estimate of drug-likeness (QED) is 0.769. The van der Waals surface area contributed by atoms with E-state index in [0.29, 0.717) is 18.1 Å². The molecule has 0 aliphatic carbocycles. The van der Waals surface area contributed by atoms with Crippen molar-refractivity contribution in [1.29, 1.82) is 0 Å². The predicted molar refractivity (Wildman–Crippen MR) is 102 cm³/mol. The molecule has 0 atom stereocenters. The molecule has 7 heteroatoms. The van der Waals surface area contributed by atoms with Crippen LogP contribution < -0.4 is 4.72 Å². The lowest BCUT2D eigenvalue weighted by atomic mass is 10.1.